The van der Waals surface area contributed by atoms with Crippen molar-refractivity contribution < 1.29 is 16.4 Å². The average molecular weight is 533 g/mol. The Bertz CT molecular complexity index is 611. The van der Waals surface area contributed by atoms with Gasteiger partial charge in [-0.25, -0.2) is 7.94 Å². The van der Waals surface area contributed by atoms with Crippen molar-refractivity contribution in [3.8, 4) is 0 Å². The number of hydrogen-bond acceptors (Lipinski definition) is 10. The fourth-order valence-corrected chi connectivity index (χ4v) is 8.92. The summed E-state index contributed by atoms with van der Waals surface area (Å²) < 4.78 is 37.3. The summed E-state index contributed by atoms with van der Waals surface area (Å²) in [4.78, 5) is 12.3. The zero-order chi connectivity index (χ0) is 26.4. The van der Waals surface area contributed by atoms with Crippen molar-refractivity contribution in [2.45, 2.75) is 49.6 Å². The predicted molar refractivity (Wildman–Crippen MR) is 143 cm³/mol. The van der Waals surface area contributed by atoms with Crippen LogP contribution in [-0.4, -0.2) is 145 Å². The number of hydrogen-bond donors (Lipinski definition) is 0. The molecule has 0 aromatic rings. The lowest BCUT2D eigenvalue weighted by Gasteiger charge is -2.51. The minimum Gasteiger partial charge on any atom is -0.303 e. The Hall–Kier alpha value is 0.490. The van der Waals surface area contributed by atoms with Crippen LogP contribution >= 0.6 is 17.6 Å². The lowest BCUT2D eigenvalue weighted by atomic mass is 10.1. The Kier molecular flexibility index (Phi) is 13.9. The molecule has 0 rings (SSSR count). The molecule has 0 aromatic heterocycles. The van der Waals surface area contributed by atoms with Gasteiger partial charge in [0, 0.05) is 12.1 Å². The van der Waals surface area contributed by atoms with Crippen LogP contribution in [0.2, 0.25) is 0 Å². The van der Waals surface area contributed by atoms with Crippen LogP contribution < -0.4 is 0 Å². The third kappa shape index (κ3) is 7.73. The van der Waals surface area contributed by atoms with E-state index in [1.807, 2.05) is 104 Å². The third-order valence-electron chi connectivity index (χ3n) is 6.26. The first-order valence-corrected chi connectivity index (χ1v) is 14.3. The lowest BCUT2D eigenvalue weighted by molar-refractivity contribution is 0.00533. The minimum atomic E-state index is -4.24. The molecule has 0 N–H and O–H groups in total. The second-order valence-electron chi connectivity index (χ2n) is 9.58. The zero-order valence-corrected chi connectivity index (χ0v) is 26.1. The molecule has 13 heteroatoms. The van der Waals surface area contributed by atoms with Crippen LogP contribution in [-0.2, 0) is 18.3 Å². The number of nitrogens with zero attached hydrogens (tertiary/aromatic N) is 6. The largest absolute Gasteiger partial charge is 0.405 e. The van der Waals surface area contributed by atoms with Gasteiger partial charge >= 0.3 is 10.4 Å². The van der Waals surface area contributed by atoms with Gasteiger partial charge in [-0.2, -0.15) is 8.42 Å². The Morgan fingerprint density at radius 1 is 0.606 bits per heavy atom. The normalized spacial score (nSPS) is 16.8. The van der Waals surface area contributed by atoms with Crippen molar-refractivity contribution in [3.05, 3.63) is 0 Å². The van der Waals surface area contributed by atoms with Crippen LogP contribution in [0, 0.1) is 0 Å². The van der Waals surface area contributed by atoms with Crippen molar-refractivity contribution in [1.29, 1.82) is 0 Å². The van der Waals surface area contributed by atoms with Gasteiger partial charge in [0.15, 0.2) is 0 Å². The van der Waals surface area contributed by atoms with E-state index >= 15 is 0 Å². The molecule has 200 valence electrons. The third-order valence-corrected chi connectivity index (χ3v) is 11.6. The van der Waals surface area contributed by atoms with Crippen LogP contribution in [0.1, 0.15) is 26.7 Å². The number of likely N-dealkylation sites (N-methyl/N-ethyl adjacent to an activating group) is 6. The molecule has 0 bridgehead atoms. The average Bonchev–Trinajstić information content (AvgIpc) is 2.66. The summed E-state index contributed by atoms with van der Waals surface area (Å²) in [5, 5.41) is -1.29. The van der Waals surface area contributed by atoms with Crippen molar-refractivity contribution in [3.63, 3.8) is 0 Å². The zero-order valence-electron chi connectivity index (χ0n) is 23.3. The molecule has 0 amide bonds. The topological polar surface area (TPSA) is 72.0 Å². The second-order valence-corrected chi connectivity index (χ2v) is 13.6. The molecule has 0 saturated heterocycles. The van der Waals surface area contributed by atoms with E-state index in [0.29, 0.717) is 0 Å². The van der Waals surface area contributed by atoms with Gasteiger partial charge in [0.25, 0.3) is 0 Å². The molecular formula is C20H50N6O4P2S. The highest BCUT2D eigenvalue weighted by atomic mass is 32.3. The molecule has 10 nitrogen and oxygen atoms in total. The van der Waals surface area contributed by atoms with E-state index in [1.165, 1.54) is 0 Å². The first kappa shape index (κ1) is 33.5. The predicted octanol–water partition coefficient (Wildman–Crippen LogP) is 1.69. The van der Waals surface area contributed by atoms with Gasteiger partial charge in [0.1, 0.15) is 10.8 Å². The molecule has 4 atom stereocenters. The maximum Gasteiger partial charge on any atom is 0.405 e. The lowest BCUT2D eigenvalue weighted by Crippen LogP contribution is -2.63. The fraction of sp³-hybridized carbons (Fsp3) is 1.00. The van der Waals surface area contributed by atoms with Gasteiger partial charge in [-0.05, 0) is 97.4 Å². The molecule has 0 radical (unpaired) electrons. The molecule has 0 saturated carbocycles. The highest BCUT2D eigenvalue weighted by molar-refractivity contribution is 7.88. The van der Waals surface area contributed by atoms with E-state index in [2.05, 4.69) is 23.6 Å². The monoisotopic (exact) mass is 532 g/mol. The summed E-state index contributed by atoms with van der Waals surface area (Å²) in [6, 6.07) is 0.0821. The van der Waals surface area contributed by atoms with Crippen LogP contribution in [0.3, 0.4) is 0 Å². The standard InChI is InChI=1S/C20H50N6O4P2S/c1-15-17(21(3)4)19(23(7)8,24(9)10)31-29-33(27,28)30-32-20(25(11)12,26(13)14)18(16-2)22(5)6/h17-18,31-32H,15-16H2,1-14H3. The second kappa shape index (κ2) is 13.7. The Labute approximate surface area is 208 Å². The Morgan fingerprint density at radius 3 is 1.00 bits per heavy atom. The smallest absolute Gasteiger partial charge is 0.303 e. The van der Waals surface area contributed by atoms with E-state index in [1.54, 1.807) is 0 Å². The fourth-order valence-electron chi connectivity index (χ4n) is 4.75. The first-order valence-electron chi connectivity index (χ1n) is 11.2. The van der Waals surface area contributed by atoms with Gasteiger partial charge in [-0.15, -0.1) is 0 Å². The Morgan fingerprint density at radius 2 is 0.848 bits per heavy atom. The van der Waals surface area contributed by atoms with Crippen LogP contribution in [0.4, 0.5) is 0 Å². The van der Waals surface area contributed by atoms with Gasteiger partial charge in [0.05, 0.1) is 17.6 Å². The summed E-state index contributed by atoms with van der Waals surface area (Å²) in [6.45, 7) is 4.19. The molecule has 0 heterocycles. The molecule has 0 aromatic carbocycles. The summed E-state index contributed by atoms with van der Waals surface area (Å²) >= 11 is 0. The molecular weight excluding hydrogens is 482 g/mol. The molecule has 0 aliphatic heterocycles. The first-order chi connectivity index (χ1) is 15.0. The number of rotatable bonds is 16. The molecule has 0 aliphatic carbocycles. The Balaban J connectivity index is 5.99. The summed E-state index contributed by atoms with van der Waals surface area (Å²) in [5.74, 6) is 0. The van der Waals surface area contributed by atoms with Crippen molar-refractivity contribution in [2.75, 3.05) is 84.6 Å². The highest BCUT2D eigenvalue weighted by Crippen LogP contribution is 2.47. The van der Waals surface area contributed by atoms with E-state index < -0.39 is 21.2 Å². The molecule has 0 fully saturated rings. The van der Waals surface area contributed by atoms with Crippen molar-refractivity contribution in [1.82, 2.24) is 29.4 Å². The van der Waals surface area contributed by atoms with Crippen LogP contribution in [0.15, 0.2) is 0 Å². The molecule has 4 unspecified atom stereocenters. The maximum atomic E-state index is 13.0. The van der Waals surface area contributed by atoms with Gasteiger partial charge in [0.2, 0.25) is 0 Å². The van der Waals surface area contributed by atoms with E-state index in [4.69, 9.17) is 7.94 Å². The molecule has 0 spiro atoms. The van der Waals surface area contributed by atoms with E-state index in [9.17, 15) is 8.42 Å². The van der Waals surface area contributed by atoms with Gasteiger partial charge < -0.3 is 9.80 Å². The summed E-state index contributed by atoms with van der Waals surface area (Å²) in [5.41, 5.74) is 0. The quantitative estimate of drug-likeness (QED) is 0.217. The summed E-state index contributed by atoms with van der Waals surface area (Å²) in [7, 11) is 18.6. The minimum absolute atomic E-state index is 0.0411. The van der Waals surface area contributed by atoms with E-state index in [-0.39, 0.29) is 29.7 Å². The van der Waals surface area contributed by atoms with Crippen LogP contribution in [0.25, 0.3) is 0 Å². The van der Waals surface area contributed by atoms with Crippen molar-refractivity contribution in [2.24, 2.45) is 0 Å². The summed E-state index contributed by atoms with van der Waals surface area (Å²) in [6.07, 6.45) is 1.65. The van der Waals surface area contributed by atoms with Crippen LogP contribution in [0.5, 0.6) is 0 Å². The van der Waals surface area contributed by atoms with E-state index in [0.717, 1.165) is 12.8 Å². The van der Waals surface area contributed by atoms with Gasteiger partial charge in [-0.1, -0.05) is 13.8 Å². The molecule has 0 aliphatic rings. The van der Waals surface area contributed by atoms with Gasteiger partial charge in [-0.3, -0.25) is 19.6 Å². The SMILES string of the molecule is CCC(N(C)C)C(POS(=O)(=O)OPC(C(CC)N(C)C)(N(C)C)N(C)C)(N(C)C)N(C)C. The molecule has 33 heavy (non-hydrogen) atoms. The highest BCUT2D eigenvalue weighted by Gasteiger charge is 2.48. The maximum absolute atomic E-state index is 13.0. The van der Waals surface area contributed by atoms with Crippen molar-refractivity contribution >= 4 is 28.0 Å².